The van der Waals surface area contributed by atoms with Crippen LogP contribution in [0.15, 0.2) is 0 Å². The van der Waals surface area contributed by atoms with E-state index in [4.69, 9.17) is 10.5 Å². The summed E-state index contributed by atoms with van der Waals surface area (Å²) in [5, 5.41) is 4.21. The average molecular weight is 225 g/mol. The minimum atomic E-state index is -0.412. The van der Waals surface area contributed by atoms with E-state index in [1.54, 1.807) is 4.68 Å². The van der Waals surface area contributed by atoms with Crippen LogP contribution in [0.5, 0.6) is 0 Å². The molecule has 0 radical (unpaired) electrons. The molecule has 0 bridgehead atoms. The molecule has 2 N–H and O–H groups in total. The summed E-state index contributed by atoms with van der Waals surface area (Å²) >= 11 is 0. The zero-order valence-electron chi connectivity index (χ0n) is 10.1. The molecule has 5 nitrogen and oxygen atoms in total. The van der Waals surface area contributed by atoms with Gasteiger partial charge in [0.15, 0.2) is 5.69 Å². The summed E-state index contributed by atoms with van der Waals surface area (Å²) in [4.78, 5) is 11.5. The number of nitrogen functional groups attached to an aromatic ring is 1. The van der Waals surface area contributed by atoms with Crippen LogP contribution in [0.25, 0.3) is 0 Å². The molecular weight excluding hydrogens is 206 g/mol. The Morgan fingerprint density at radius 3 is 2.62 bits per heavy atom. The second kappa shape index (κ2) is 5.53. The molecule has 1 heterocycles. The van der Waals surface area contributed by atoms with Crippen LogP contribution in [0.3, 0.4) is 0 Å². The van der Waals surface area contributed by atoms with Crippen molar-refractivity contribution in [2.45, 2.75) is 39.7 Å². The van der Waals surface area contributed by atoms with Gasteiger partial charge in [-0.05, 0) is 12.8 Å². The SMILES string of the molecule is CCCc1c(C(=O)OC)nn(CCC)c1N. The molecule has 90 valence electrons. The molecule has 0 aliphatic rings. The van der Waals surface area contributed by atoms with Gasteiger partial charge < -0.3 is 10.5 Å². The lowest BCUT2D eigenvalue weighted by molar-refractivity contribution is 0.0591. The normalized spacial score (nSPS) is 10.4. The number of aromatic nitrogens is 2. The fraction of sp³-hybridized carbons (Fsp3) is 0.636. The molecule has 0 unspecified atom stereocenters. The minimum Gasteiger partial charge on any atom is -0.464 e. The van der Waals surface area contributed by atoms with Crippen molar-refractivity contribution in [1.82, 2.24) is 9.78 Å². The maximum absolute atomic E-state index is 11.5. The number of carbonyl (C=O) groups excluding carboxylic acids is 1. The Labute approximate surface area is 95.6 Å². The fourth-order valence-corrected chi connectivity index (χ4v) is 1.65. The molecule has 1 aromatic heterocycles. The smallest absolute Gasteiger partial charge is 0.358 e. The Morgan fingerprint density at radius 1 is 1.44 bits per heavy atom. The van der Waals surface area contributed by atoms with Gasteiger partial charge in [-0.15, -0.1) is 0 Å². The van der Waals surface area contributed by atoms with Gasteiger partial charge >= 0.3 is 5.97 Å². The minimum absolute atomic E-state index is 0.357. The van der Waals surface area contributed by atoms with Crippen molar-refractivity contribution in [2.75, 3.05) is 12.8 Å². The van der Waals surface area contributed by atoms with E-state index in [2.05, 4.69) is 5.10 Å². The lowest BCUT2D eigenvalue weighted by Gasteiger charge is -2.02. The van der Waals surface area contributed by atoms with Gasteiger partial charge in [0.2, 0.25) is 0 Å². The van der Waals surface area contributed by atoms with E-state index in [0.29, 0.717) is 11.5 Å². The number of carbonyl (C=O) groups is 1. The lowest BCUT2D eigenvalue weighted by atomic mass is 10.1. The number of ether oxygens (including phenoxy) is 1. The van der Waals surface area contributed by atoms with Crippen molar-refractivity contribution in [3.05, 3.63) is 11.3 Å². The van der Waals surface area contributed by atoms with Gasteiger partial charge in [-0.2, -0.15) is 5.10 Å². The highest BCUT2D eigenvalue weighted by molar-refractivity contribution is 5.90. The molecule has 0 spiro atoms. The molecule has 1 aromatic rings. The maximum atomic E-state index is 11.5. The highest BCUT2D eigenvalue weighted by Gasteiger charge is 2.20. The van der Waals surface area contributed by atoms with Crippen molar-refractivity contribution >= 4 is 11.8 Å². The molecule has 5 heteroatoms. The van der Waals surface area contributed by atoms with Crippen molar-refractivity contribution in [1.29, 1.82) is 0 Å². The molecular formula is C11H19N3O2. The van der Waals surface area contributed by atoms with E-state index >= 15 is 0 Å². The summed E-state index contributed by atoms with van der Waals surface area (Å²) in [5.74, 6) is 0.175. The van der Waals surface area contributed by atoms with Gasteiger partial charge in [0, 0.05) is 12.1 Å². The van der Waals surface area contributed by atoms with Crippen LogP contribution in [0, 0.1) is 0 Å². The summed E-state index contributed by atoms with van der Waals surface area (Å²) < 4.78 is 6.38. The first kappa shape index (κ1) is 12.5. The third-order valence-corrected chi connectivity index (χ3v) is 2.41. The zero-order chi connectivity index (χ0) is 12.1. The Morgan fingerprint density at radius 2 is 2.12 bits per heavy atom. The third kappa shape index (κ3) is 2.35. The first-order chi connectivity index (χ1) is 7.65. The Hall–Kier alpha value is -1.52. The predicted octanol–water partition coefficient (Wildman–Crippen LogP) is 1.61. The summed E-state index contributed by atoms with van der Waals surface area (Å²) in [5.41, 5.74) is 7.13. The molecule has 0 aromatic carbocycles. The van der Waals surface area contributed by atoms with E-state index in [9.17, 15) is 4.79 Å². The van der Waals surface area contributed by atoms with Crippen molar-refractivity contribution in [3.63, 3.8) is 0 Å². The molecule has 0 amide bonds. The van der Waals surface area contributed by atoms with Crippen molar-refractivity contribution in [3.8, 4) is 0 Å². The first-order valence-corrected chi connectivity index (χ1v) is 5.59. The quantitative estimate of drug-likeness (QED) is 0.773. The number of methoxy groups -OCH3 is 1. The second-order valence-corrected chi connectivity index (χ2v) is 3.68. The number of nitrogens with zero attached hydrogens (tertiary/aromatic N) is 2. The molecule has 1 rings (SSSR count). The maximum Gasteiger partial charge on any atom is 0.358 e. The lowest BCUT2D eigenvalue weighted by Crippen LogP contribution is -2.06. The fourth-order valence-electron chi connectivity index (χ4n) is 1.65. The summed E-state index contributed by atoms with van der Waals surface area (Å²) in [6.07, 6.45) is 2.60. The molecule has 0 atom stereocenters. The van der Waals surface area contributed by atoms with Gasteiger partial charge in [-0.1, -0.05) is 20.3 Å². The third-order valence-electron chi connectivity index (χ3n) is 2.41. The Balaban J connectivity index is 3.13. The predicted molar refractivity (Wildman–Crippen MR) is 62.3 cm³/mol. The molecule has 0 fully saturated rings. The number of anilines is 1. The van der Waals surface area contributed by atoms with E-state index in [-0.39, 0.29) is 0 Å². The van der Waals surface area contributed by atoms with E-state index in [1.165, 1.54) is 7.11 Å². The topological polar surface area (TPSA) is 70.1 Å². The number of rotatable bonds is 5. The number of hydrogen-bond donors (Lipinski definition) is 1. The van der Waals surface area contributed by atoms with Gasteiger partial charge in [-0.3, -0.25) is 0 Å². The zero-order valence-corrected chi connectivity index (χ0v) is 10.1. The van der Waals surface area contributed by atoms with Gasteiger partial charge in [0.25, 0.3) is 0 Å². The standard InChI is InChI=1S/C11H19N3O2/c1-4-6-8-9(11(15)16-3)13-14(7-5-2)10(8)12/h4-7,12H2,1-3H3. The molecule has 16 heavy (non-hydrogen) atoms. The number of aryl methyl sites for hydroxylation is 1. The summed E-state index contributed by atoms with van der Waals surface area (Å²) in [7, 11) is 1.35. The number of hydrogen-bond acceptors (Lipinski definition) is 4. The second-order valence-electron chi connectivity index (χ2n) is 3.68. The van der Waals surface area contributed by atoms with Crippen LogP contribution < -0.4 is 5.73 Å². The van der Waals surface area contributed by atoms with Crippen LogP contribution >= 0.6 is 0 Å². The first-order valence-electron chi connectivity index (χ1n) is 5.59. The molecule has 0 aliphatic carbocycles. The Kier molecular flexibility index (Phi) is 4.34. The molecule has 0 saturated carbocycles. The van der Waals surface area contributed by atoms with Crippen LogP contribution in [-0.4, -0.2) is 22.9 Å². The summed E-state index contributed by atoms with van der Waals surface area (Å²) in [6.45, 7) is 4.80. The van der Waals surface area contributed by atoms with Crippen molar-refractivity contribution < 1.29 is 9.53 Å². The van der Waals surface area contributed by atoms with E-state index < -0.39 is 5.97 Å². The number of nitrogens with two attached hydrogens (primary N) is 1. The highest BCUT2D eigenvalue weighted by Crippen LogP contribution is 2.20. The van der Waals surface area contributed by atoms with Crippen molar-refractivity contribution in [2.24, 2.45) is 0 Å². The number of esters is 1. The van der Waals surface area contributed by atoms with E-state index in [1.807, 2.05) is 13.8 Å². The average Bonchev–Trinajstić information content (AvgIpc) is 2.58. The van der Waals surface area contributed by atoms with Gasteiger partial charge in [-0.25, -0.2) is 9.48 Å². The van der Waals surface area contributed by atoms with Gasteiger partial charge in [0.1, 0.15) is 5.82 Å². The van der Waals surface area contributed by atoms with Crippen LogP contribution in [-0.2, 0) is 17.7 Å². The highest BCUT2D eigenvalue weighted by atomic mass is 16.5. The van der Waals surface area contributed by atoms with Crippen LogP contribution in [0.1, 0.15) is 42.7 Å². The Bertz CT molecular complexity index is 372. The largest absolute Gasteiger partial charge is 0.464 e. The monoisotopic (exact) mass is 225 g/mol. The molecule has 0 aliphatic heterocycles. The molecule has 0 saturated heterocycles. The van der Waals surface area contributed by atoms with E-state index in [0.717, 1.165) is 31.4 Å². The van der Waals surface area contributed by atoms with Gasteiger partial charge in [0.05, 0.1) is 7.11 Å². The van der Waals surface area contributed by atoms with Crippen LogP contribution in [0.2, 0.25) is 0 Å². The van der Waals surface area contributed by atoms with Crippen LogP contribution in [0.4, 0.5) is 5.82 Å². The summed E-state index contributed by atoms with van der Waals surface area (Å²) in [6, 6.07) is 0.